The molecule has 2 fully saturated rings. The average molecular weight is 387 g/mol. The van der Waals surface area contributed by atoms with Crippen LogP contribution >= 0.6 is 7.82 Å². The lowest BCUT2D eigenvalue weighted by molar-refractivity contribution is -0.0516. The van der Waals surface area contributed by atoms with E-state index in [1.165, 1.54) is 17.2 Å². The van der Waals surface area contributed by atoms with Gasteiger partial charge in [-0.15, -0.1) is 0 Å². The highest BCUT2D eigenvalue weighted by molar-refractivity contribution is 7.47. The monoisotopic (exact) mass is 387 g/mol. The molecule has 3 heterocycles. The van der Waals surface area contributed by atoms with Gasteiger partial charge >= 0.3 is 7.82 Å². The fourth-order valence-electron chi connectivity index (χ4n) is 2.71. The van der Waals surface area contributed by atoms with Gasteiger partial charge in [-0.3, -0.25) is 13.6 Å². The Labute approximate surface area is 147 Å². The van der Waals surface area contributed by atoms with Gasteiger partial charge in [0.05, 0.1) is 19.0 Å². The summed E-state index contributed by atoms with van der Waals surface area (Å²) in [4.78, 5) is 21.6. The molecular formula is C13H18N5O7P. The van der Waals surface area contributed by atoms with Crippen molar-refractivity contribution in [2.45, 2.75) is 43.5 Å². The molecule has 1 aliphatic heterocycles. The number of fused-ring (bicyclic) bond motifs is 1. The van der Waals surface area contributed by atoms with Crippen LogP contribution in [0.15, 0.2) is 12.7 Å². The first-order valence-electron chi connectivity index (χ1n) is 7.96. The third-order valence-electron chi connectivity index (χ3n) is 4.21. The number of phosphoric ester groups is 1. The van der Waals surface area contributed by atoms with E-state index < -0.39 is 39.0 Å². The maximum atomic E-state index is 11.8. The zero-order chi connectivity index (χ0) is 18.5. The van der Waals surface area contributed by atoms with Crippen molar-refractivity contribution >= 4 is 24.8 Å². The van der Waals surface area contributed by atoms with E-state index in [2.05, 4.69) is 15.0 Å². The highest BCUT2D eigenvalue weighted by Crippen LogP contribution is 2.49. The number of rotatable bonds is 6. The van der Waals surface area contributed by atoms with Gasteiger partial charge in [0.15, 0.2) is 17.7 Å². The van der Waals surface area contributed by atoms with E-state index in [1.807, 2.05) is 0 Å². The van der Waals surface area contributed by atoms with Crippen molar-refractivity contribution in [3.63, 3.8) is 0 Å². The molecule has 2 aromatic rings. The Bertz CT molecular complexity index is 859. The predicted octanol–water partition coefficient (Wildman–Crippen LogP) is -0.676. The molecule has 142 valence electrons. The Balaban J connectivity index is 1.48. The van der Waals surface area contributed by atoms with Crippen molar-refractivity contribution in [3.05, 3.63) is 12.7 Å². The largest absolute Gasteiger partial charge is 0.472 e. The van der Waals surface area contributed by atoms with E-state index in [4.69, 9.17) is 19.5 Å². The molecule has 5 N–H and O–H groups in total. The molecule has 1 saturated heterocycles. The molecule has 1 saturated carbocycles. The Morgan fingerprint density at radius 1 is 1.31 bits per heavy atom. The smallest absolute Gasteiger partial charge is 0.387 e. The van der Waals surface area contributed by atoms with Crippen LogP contribution in [0.2, 0.25) is 0 Å². The first kappa shape index (κ1) is 17.7. The number of ether oxygens (including phenoxy) is 1. The Kier molecular flexibility index (Phi) is 4.43. The predicted molar refractivity (Wildman–Crippen MR) is 85.5 cm³/mol. The number of aliphatic hydroxyl groups is 2. The number of nitrogens with two attached hydrogens (primary N) is 1. The number of nitrogens with zero attached hydrogens (tertiary/aromatic N) is 4. The van der Waals surface area contributed by atoms with E-state index in [0.717, 1.165) is 0 Å². The molecule has 0 radical (unpaired) electrons. The SMILES string of the molecule is Nc1ncnc2c1ncn2[C@@H]1O[C@H](COP(=O)(O)OC2CC2)[C@@H](O)[C@H]1O. The average Bonchev–Trinajstić information content (AvgIpc) is 3.21. The third kappa shape index (κ3) is 3.32. The van der Waals surface area contributed by atoms with Gasteiger partial charge in [0.25, 0.3) is 0 Å². The Hall–Kier alpha value is -1.66. The second kappa shape index (κ2) is 6.50. The Morgan fingerprint density at radius 3 is 2.81 bits per heavy atom. The van der Waals surface area contributed by atoms with Gasteiger partial charge in [0.1, 0.15) is 30.2 Å². The van der Waals surface area contributed by atoms with Crippen molar-refractivity contribution in [3.8, 4) is 0 Å². The number of hydrogen-bond acceptors (Lipinski definition) is 10. The third-order valence-corrected chi connectivity index (χ3v) is 5.25. The second-order valence-electron chi connectivity index (χ2n) is 6.20. The summed E-state index contributed by atoms with van der Waals surface area (Å²) in [6.45, 7) is -0.432. The van der Waals surface area contributed by atoms with Gasteiger partial charge in [0.2, 0.25) is 0 Å². The summed E-state index contributed by atoms with van der Waals surface area (Å²) < 4.78 is 28.6. The molecule has 2 aromatic heterocycles. The van der Waals surface area contributed by atoms with Crippen LogP contribution in [0.25, 0.3) is 11.2 Å². The minimum atomic E-state index is -4.24. The maximum absolute atomic E-state index is 11.8. The van der Waals surface area contributed by atoms with Crippen LogP contribution in [0, 0.1) is 0 Å². The van der Waals surface area contributed by atoms with Crippen molar-refractivity contribution in [1.82, 2.24) is 19.5 Å². The summed E-state index contributed by atoms with van der Waals surface area (Å²) in [6.07, 6.45) is -1.03. The first-order chi connectivity index (χ1) is 12.4. The van der Waals surface area contributed by atoms with Crippen molar-refractivity contribution < 1.29 is 33.5 Å². The second-order valence-corrected chi connectivity index (χ2v) is 7.60. The van der Waals surface area contributed by atoms with Gasteiger partial charge in [-0.2, -0.15) is 0 Å². The molecule has 0 amide bonds. The molecule has 5 atom stereocenters. The summed E-state index contributed by atoms with van der Waals surface area (Å²) in [5, 5.41) is 20.5. The quantitative estimate of drug-likeness (QED) is 0.462. The molecule has 4 rings (SSSR count). The minimum absolute atomic E-state index is 0.167. The fourth-order valence-corrected chi connectivity index (χ4v) is 3.70. The standard InChI is InChI=1S/C13H18N5O7P/c14-11-8-12(16-4-15-11)18(5-17-8)13-10(20)9(19)7(24-13)3-23-26(21,22)25-6-1-2-6/h4-7,9-10,13,19-20H,1-3H2,(H,21,22)(H2,14,15,16)/t7-,9-,10-,13-/m1/s1. The maximum Gasteiger partial charge on any atom is 0.472 e. The van der Waals surface area contributed by atoms with E-state index in [-0.39, 0.29) is 11.9 Å². The topological polar surface area (TPSA) is 175 Å². The molecule has 1 unspecified atom stereocenters. The number of aliphatic hydroxyl groups excluding tert-OH is 2. The van der Waals surface area contributed by atoms with Crippen LogP contribution in [0.4, 0.5) is 5.82 Å². The van der Waals surface area contributed by atoms with Gasteiger partial charge < -0.3 is 25.6 Å². The van der Waals surface area contributed by atoms with Crippen LogP contribution in [-0.4, -0.2) is 65.6 Å². The van der Waals surface area contributed by atoms with Crippen molar-refractivity contribution in [2.75, 3.05) is 12.3 Å². The van der Waals surface area contributed by atoms with E-state index >= 15 is 0 Å². The minimum Gasteiger partial charge on any atom is -0.387 e. The summed E-state index contributed by atoms with van der Waals surface area (Å²) in [5.41, 5.74) is 6.37. The number of phosphoric acid groups is 1. The number of imidazole rings is 1. The number of hydrogen-bond donors (Lipinski definition) is 4. The van der Waals surface area contributed by atoms with Gasteiger partial charge in [-0.1, -0.05) is 0 Å². The molecule has 0 spiro atoms. The summed E-state index contributed by atoms with van der Waals surface area (Å²) in [7, 11) is -4.24. The lowest BCUT2D eigenvalue weighted by Gasteiger charge is -2.17. The van der Waals surface area contributed by atoms with Gasteiger partial charge in [0, 0.05) is 0 Å². The Morgan fingerprint density at radius 2 is 2.08 bits per heavy atom. The normalized spacial score (nSPS) is 31.3. The number of nitrogen functional groups attached to an aromatic ring is 1. The summed E-state index contributed by atoms with van der Waals surface area (Å²) >= 11 is 0. The van der Waals surface area contributed by atoms with E-state index in [0.29, 0.717) is 24.0 Å². The van der Waals surface area contributed by atoms with Crippen LogP contribution in [0.3, 0.4) is 0 Å². The molecule has 0 aromatic carbocycles. The van der Waals surface area contributed by atoms with E-state index in [9.17, 15) is 19.7 Å². The zero-order valence-electron chi connectivity index (χ0n) is 13.5. The highest BCUT2D eigenvalue weighted by atomic mass is 31.2. The molecule has 0 bridgehead atoms. The molecular weight excluding hydrogens is 369 g/mol. The number of anilines is 1. The van der Waals surface area contributed by atoms with Crippen LogP contribution < -0.4 is 5.73 Å². The van der Waals surface area contributed by atoms with Crippen LogP contribution in [0.5, 0.6) is 0 Å². The van der Waals surface area contributed by atoms with Crippen LogP contribution in [-0.2, 0) is 18.3 Å². The molecule has 13 heteroatoms. The highest BCUT2D eigenvalue weighted by Gasteiger charge is 2.45. The van der Waals surface area contributed by atoms with Crippen molar-refractivity contribution in [2.24, 2.45) is 0 Å². The van der Waals surface area contributed by atoms with Gasteiger partial charge in [-0.05, 0) is 12.8 Å². The molecule has 1 aliphatic carbocycles. The summed E-state index contributed by atoms with van der Waals surface area (Å²) in [6, 6.07) is 0. The fraction of sp³-hybridized carbons (Fsp3) is 0.615. The van der Waals surface area contributed by atoms with E-state index in [1.54, 1.807) is 0 Å². The lowest BCUT2D eigenvalue weighted by atomic mass is 10.1. The molecule has 26 heavy (non-hydrogen) atoms. The zero-order valence-corrected chi connectivity index (χ0v) is 14.3. The van der Waals surface area contributed by atoms with Crippen LogP contribution in [0.1, 0.15) is 19.1 Å². The van der Waals surface area contributed by atoms with Crippen molar-refractivity contribution in [1.29, 1.82) is 0 Å². The lowest BCUT2D eigenvalue weighted by Crippen LogP contribution is -2.33. The molecule has 12 nitrogen and oxygen atoms in total. The summed E-state index contributed by atoms with van der Waals surface area (Å²) in [5.74, 6) is 0.167. The van der Waals surface area contributed by atoms with Gasteiger partial charge in [-0.25, -0.2) is 19.5 Å². The molecule has 2 aliphatic rings. The first-order valence-corrected chi connectivity index (χ1v) is 9.45. The number of aromatic nitrogens is 4.